The Labute approximate surface area is 167 Å². The monoisotopic (exact) mass is 451 g/mol. The SMILES string of the molecule is CC(C)(O/N=C(\C(=O)N[C@@H]1C(=O)N(S(=O)(=O)O)[C@H]1CO)c1csc(N)n1)C(=O)O. The quantitative estimate of drug-likeness (QED) is 0.123. The fourth-order valence-corrected chi connectivity index (χ4v) is 3.57. The summed E-state index contributed by atoms with van der Waals surface area (Å²) in [5, 5.41) is 25.4. The minimum atomic E-state index is -4.93. The molecule has 14 nitrogen and oxygen atoms in total. The molecule has 0 saturated carbocycles. The number of thiazole rings is 1. The molecule has 1 aliphatic heterocycles. The number of carboxylic acid groups (broad SMARTS) is 1. The number of aromatic nitrogens is 1. The average molecular weight is 451 g/mol. The maximum absolute atomic E-state index is 12.6. The van der Waals surface area contributed by atoms with E-state index in [9.17, 15) is 27.9 Å². The maximum Gasteiger partial charge on any atom is 0.362 e. The minimum absolute atomic E-state index is 0.0135. The van der Waals surface area contributed by atoms with Crippen LogP contribution in [0.4, 0.5) is 5.13 Å². The third-order valence-electron chi connectivity index (χ3n) is 3.75. The van der Waals surface area contributed by atoms with Gasteiger partial charge in [0.05, 0.1) is 6.61 Å². The predicted molar refractivity (Wildman–Crippen MR) is 97.1 cm³/mol. The second-order valence-corrected chi connectivity index (χ2v) is 8.41. The van der Waals surface area contributed by atoms with Crippen molar-refractivity contribution < 1.29 is 42.4 Å². The highest BCUT2D eigenvalue weighted by Crippen LogP contribution is 2.23. The molecule has 2 atom stereocenters. The molecule has 0 spiro atoms. The lowest BCUT2D eigenvalue weighted by Crippen LogP contribution is -2.73. The third kappa shape index (κ3) is 4.61. The Hall–Kier alpha value is -2.82. The number of amides is 2. The molecule has 0 radical (unpaired) electrons. The van der Waals surface area contributed by atoms with Crippen LogP contribution in [0.3, 0.4) is 0 Å². The summed E-state index contributed by atoms with van der Waals surface area (Å²) in [6.45, 7) is 1.46. The lowest BCUT2D eigenvalue weighted by atomic mass is 9.99. The van der Waals surface area contributed by atoms with E-state index in [1.165, 1.54) is 19.2 Å². The normalized spacial score (nSPS) is 20.2. The zero-order valence-electron chi connectivity index (χ0n) is 15.0. The molecule has 29 heavy (non-hydrogen) atoms. The number of carboxylic acids is 1. The summed E-state index contributed by atoms with van der Waals surface area (Å²) >= 11 is 0.944. The molecular weight excluding hydrogens is 434 g/mol. The van der Waals surface area contributed by atoms with Gasteiger partial charge < -0.3 is 26.1 Å². The summed E-state index contributed by atoms with van der Waals surface area (Å²) in [4.78, 5) is 44.4. The first-order valence-corrected chi connectivity index (χ1v) is 10.0. The van der Waals surface area contributed by atoms with Crippen LogP contribution in [0.5, 0.6) is 0 Å². The van der Waals surface area contributed by atoms with Crippen LogP contribution in [0.15, 0.2) is 10.5 Å². The van der Waals surface area contributed by atoms with Gasteiger partial charge in [-0.3, -0.25) is 14.1 Å². The van der Waals surface area contributed by atoms with Crippen molar-refractivity contribution in [1.29, 1.82) is 0 Å². The molecule has 16 heteroatoms. The number of aliphatic hydroxyl groups is 1. The van der Waals surface area contributed by atoms with Crippen LogP contribution in [-0.4, -0.2) is 80.3 Å². The molecule has 1 aromatic heterocycles. The molecule has 1 aliphatic rings. The molecule has 0 aromatic carbocycles. The number of hydrogen-bond donors (Lipinski definition) is 5. The number of rotatable bonds is 8. The average Bonchev–Trinajstić information content (AvgIpc) is 3.01. The number of nitrogens with one attached hydrogen (secondary N) is 1. The molecule has 1 aromatic rings. The first-order chi connectivity index (χ1) is 13.3. The van der Waals surface area contributed by atoms with E-state index in [2.05, 4.69) is 15.5 Å². The Morgan fingerprint density at radius 2 is 2.10 bits per heavy atom. The van der Waals surface area contributed by atoms with Gasteiger partial charge in [-0.05, 0) is 13.8 Å². The number of anilines is 1. The van der Waals surface area contributed by atoms with E-state index in [1.807, 2.05) is 0 Å². The van der Waals surface area contributed by atoms with Crippen molar-refractivity contribution in [3.63, 3.8) is 0 Å². The summed E-state index contributed by atoms with van der Waals surface area (Å²) in [6, 6.07) is -2.94. The van der Waals surface area contributed by atoms with Crippen LogP contribution in [0.2, 0.25) is 0 Å². The molecule has 0 unspecified atom stereocenters. The zero-order chi connectivity index (χ0) is 22.1. The Morgan fingerprint density at radius 1 is 1.48 bits per heavy atom. The lowest BCUT2D eigenvalue weighted by Gasteiger charge is -2.43. The summed E-state index contributed by atoms with van der Waals surface area (Å²) in [5.41, 5.74) is 3.07. The topological polar surface area (TPSA) is 222 Å². The van der Waals surface area contributed by atoms with Crippen LogP contribution in [0.25, 0.3) is 0 Å². The minimum Gasteiger partial charge on any atom is -0.478 e. The van der Waals surface area contributed by atoms with Gasteiger partial charge in [0.1, 0.15) is 17.8 Å². The van der Waals surface area contributed by atoms with Gasteiger partial charge in [0.15, 0.2) is 10.8 Å². The van der Waals surface area contributed by atoms with Gasteiger partial charge in [-0.2, -0.15) is 8.42 Å². The summed E-state index contributed by atoms with van der Waals surface area (Å²) in [6.07, 6.45) is 0. The summed E-state index contributed by atoms with van der Waals surface area (Å²) < 4.78 is 31.4. The van der Waals surface area contributed by atoms with Gasteiger partial charge in [0.2, 0.25) is 5.60 Å². The molecule has 1 fully saturated rings. The van der Waals surface area contributed by atoms with Crippen molar-refractivity contribution >= 4 is 50.3 Å². The fourth-order valence-electron chi connectivity index (χ4n) is 2.15. The Kier molecular flexibility index (Phi) is 6.12. The first-order valence-electron chi connectivity index (χ1n) is 7.73. The number of carbonyl (C=O) groups excluding carboxylic acids is 2. The van der Waals surface area contributed by atoms with E-state index < -0.39 is 58.1 Å². The van der Waals surface area contributed by atoms with Crippen molar-refractivity contribution in [2.24, 2.45) is 5.16 Å². The molecule has 6 N–H and O–H groups in total. The van der Waals surface area contributed by atoms with Gasteiger partial charge in [0, 0.05) is 5.38 Å². The lowest BCUT2D eigenvalue weighted by molar-refractivity contribution is -0.161. The molecule has 0 aliphatic carbocycles. The highest BCUT2D eigenvalue weighted by Gasteiger charge is 2.54. The number of nitrogens with two attached hydrogens (primary N) is 1. The van der Waals surface area contributed by atoms with Crippen LogP contribution < -0.4 is 11.1 Å². The predicted octanol–water partition coefficient (Wildman–Crippen LogP) is -2.20. The number of nitrogens with zero attached hydrogens (tertiary/aromatic N) is 3. The number of aliphatic carboxylic acids is 1. The number of β-lactam (4-membered cyclic amide) rings is 1. The van der Waals surface area contributed by atoms with Crippen molar-refractivity contribution in [3.05, 3.63) is 11.1 Å². The Balaban J connectivity index is 2.29. The number of oxime groups is 1. The van der Waals surface area contributed by atoms with Crippen molar-refractivity contribution in [2.45, 2.75) is 31.5 Å². The standard InChI is InChI=1S/C13H17N5O9S2/c1-13(2,11(22)23)27-17-7(5-4-28-12(14)15-5)9(20)16-8-6(3-19)18(10(8)21)29(24,25)26/h4,6,8,19H,3H2,1-2H3,(H2,14,15)(H,16,20)(H,22,23)(H,24,25,26)/b17-7-/t6-,8-/m0/s1. The van der Waals surface area contributed by atoms with Gasteiger partial charge in [-0.15, -0.1) is 11.3 Å². The summed E-state index contributed by atoms with van der Waals surface area (Å²) in [7, 11) is -4.93. The van der Waals surface area contributed by atoms with E-state index in [-0.39, 0.29) is 15.1 Å². The summed E-state index contributed by atoms with van der Waals surface area (Å²) in [5.74, 6) is -3.65. The molecular formula is C13H17N5O9S2. The van der Waals surface area contributed by atoms with E-state index in [0.29, 0.717) is 0 Å². The van der Waals surface area contributed by atoms with Crippen molar-refractivity contribution in [1.82, 2.24) is 14.6 Å². The number of carbonyl (C=O) groups is 3. The molecule has 2 heterocycles. The van der Waals surface area contributed by atoms with Crippen LogP contribution in [0, 0.1) is 0 Å². The molecule has 160 valence electrons. The smallest absolute Gasteiger partial charge is 0.362 e. The highest BCUT2D eigenvalue weighted by molar-refractivity contribution is 7.84. The van der Waals surface area contributed by atoms with Crippen LogP contribution in [-0.2, 0) is 29.5 Å². The number of aliphatic hydroxyl groups excluding tert-OH is 1. The number of hydrogen-bond acceptors (Lipinski definition) is 11. The van der Waals surface area contributed by atoms with E-state index in [0.717, 1.165) is 11.3 Å². The molecule has 2 rings (SSSR count). The van der Waals surface area contributed by atoms with Gasteiger partial charge in [-0.1, -0.05) is 5.16 Å². The van der Waals surface area contributed by atoms with Crippen LogP contribution >= 0.6 is 11.3 Å². The first kappa shape index (κ1) is 22.5. The van der Waals surface area contributed by atoms with Gasteiger partial charge in [0.25, 0.3) is 11.8 Å². The Bertz CT molecular complexity index is 971. The largest absolute Gasteiger partial charge is 0.478 e. The Morgan fingerprint density at radius 3 is 2.55 bits per heavy atom. The van der Waals surface area contributed by atoms with Crippen molar-refractivity contribution in [2.75, 3.05) is 12.3 Å². The van der Waals surface area contributed by atoms with E-state index >= 15 is 0 Å². The number of nitrogen functional groups attached to an aromatic ring is 1. The van der Waals surface area contributed by atoms with Gasteiger partial charge >= 0.3 is 16.3 Å². The maximum atomic E-state index is 12.6. The fraction of sp³-hybridized carbons (Fsp3) is 0.462. The highest BCUT2D eigenvalue weighted by atomic mass is 32.2. The second kappa shape index (κ2) is 7.90. The molecule has 1 saturated heterocycles. The zero-order valence-corrected chi connectivity index (χ0v) is 16.6. The molecule has 0 bridgehead atoms. The van der Waals surface area contributed by atoms with Crippen molar-refractivity contribution in [3.8, 4) is 0 Å². The van der Waals surface area contributed by atoms with E-state index in [4.69, 9.17) is 20.2 Å². The van der Waals surface area contributed by atoms with E-state index in [1.54, 1.807) is 0 Å². The second-order valence-electron chi connectivity index (χ2n) is 6.23. The molecule has 2 amide bonds. The third-order valence-corrected chi connectivity index (χ3v) is 5.37. The van der Waals surface area contributed by atoms with Gasteiger partial charge in [-0.25, -0.2) is 14.1 Å². The van der Waals surface area contributed by atoms with Crippen LogP contribution in [0.1, 0.15) is 19.5 Å².